The standard InChI is InChI=1S/C18H21NO4/c1-12(13-8-6-5-7-9-13)19-18(20)14-10-15(21-2)17(23-4)16(11-14)22-3/h5-12H,1-4H3,(H,19,20)/t12-/m0/s1. The molecule has 23 heavy (non-hydrogen) atoms. The molecule has 0 heterocycles. The van der Waals surface area contributed by atoms with Crippen molar-refractivity contribution in [2.24, 2.45) is 0 Å². The lowest BCUT2D eigenvalue weighted by atomic mass is 10.1. The van der Waals surface area contributed by atoms with Gasteiger partial charge in [-0.3, -0.25) is 4.79 Å². The largest absolute Gasteiger partial charge is 0.493 e. The lowest BCUT2D eigenvalue weighted by molar-refractivity contribution is 0.0939. The summed E-state index contributed by atoms with van der Waals surface area (Å²) in [5.41, 5.74) is 1.48. The van der Waals surface area contributed by atoms with Gasteiger partial charge < -0.3 is 19.5 Å². The molecule has 0 bridgehead atoms. The summed E-state index contributed by atoms with van der Waals surface area (Å²) in [7, 11) is 4.56. The second-order valence-electron chi connectivity index (χ2n) is 5.02. The SMILES string of the molecule is COc1cc(C(=O)N[C@@H](C)c2ccccc2)cc(OC)c1OC. The maximum atomic E-state index is 12.5. The summed E-state index contributed by atoms with van der Waals surface area (Å²) in [4.78, 5) is 12.5. The molecule has 0 aliphatic rings. The summed E-state index contributed by atoms with van der Waals surface area (Å²) < 4.78 is 15.8. The lowest BCUT2D eigenvalue weighted by Gasteiger charge is -2.17. The molecule has 0 fully saturated rings. The Balaban J connectivity index is 2.25. The van der Waals surface area contributed by atoms with Crippen LogP contribution in [0.2, 0.25) is 0 Å². The summed E-state index contributed by atoms with van der Waals surface area (Å²) in [5, 5.41) is 2.96. The molecule has 1 amide bonds. The van der Waals surface area contributed by atoms with Crippen molar-refractivity contribution in [2.75, 3.05) is 21.3 Å². The molecule has 2 aromatic carbocycles. The third-order valence-corrected chi connectivity index (χ3v) is 3.57. The summed E-state index contributed by atoms with van der Waals surface area (Å²) >= 11 is 0. The third kappa shape index (κ3) is 3.74. The van der Waals surface area contributed by atoms with E-state index in [4.69, 9.17) is 14.2 Å². The van der Waals surface area contributed by atoms with Crippen molar-refractivity contribution >= 4 is 5.91 Å². The highest BCUT2D eigenvalue weighted by atomic mass is 16.5. The van der Waals surface area contributed by atoms with Crippen LogP contribution in [0.15, 0.2) is 42.5 Å². The normalized spacial score (nSPS) is 11.5. The minimum absolute atomic E-state index is 0.109. The Hall–Kier alpha value is -2.69. The van der Waals surface area contributed by atoms with E-state index in [0.717, 1.165) is 5.56 Å². The Morgan fingerprint density at radius 1 is 0.957 bits per heavy atom. The molecule has 0 aliphatic heterocycles. The molecule has 2 aromatic rings. The second kappa shape index (κ2) is 7.54. The van der Waals surface area contributed by atoms with Crippen LogP contribution in [0, 0.1) is 0 Å². The first-order valence-corrected chi connectivity index (χ1v) is 7.26. The van der Waals surface area contributed by atoms with Gasteiger partial charge in [0.15, 0.2) is 11.5 Å². The van der Waals surface area contributed by atoms with Gasteiger partial charge in [0.1, 0.15) is 0 Å². The molecule has 1 N–H and O–H groups in total. The van der Waals surface area contributed by atoms with Crippen LogP contribution in [0.4, 0.5) is 0 Å². The van der Waals surface area contributed by atoms with Crippen molar-refractivity contribution in [3.05, 3.63) is 53.6 Å². The van der Waals surface area contributed by atoms with Crippen molar-refractivity contribution in [1.82, 2.24) is 5.32 Å². The van der Waals surface area contributed by atoms with Gasteiger partial charge in [0.25, 0.3) is 5.91 Å². The van der Waals surface area contributed by atoms with Gasteiger partial charge in [-0.2, -0.15) is 0 Å². The Morgan fingerprint density at radius 2 is 1.52 bits per heavy atom. The molecule has 0 unspecified atom stereocenters. The molecule has 2 rings (SSSR count). The highest BCUT2D eigenvalue weighted by molar-refractivity contribution is 5.95. The number of amides is 1. The van der Waals surface area contributed by atoms with Crippen LogP contribution in [0.25, 0.3) is 0 Å². The second-order valence-corrected chi connectivity index (χ2v) is 5.02. The molecule has 0 aliphatic carbocycles. The molecule has 5 nitrogen and oxygen atoms in total. The van der Waals surface area contributed by atoms with E-state index < -0.39 is 0 Å². The van der Waals surface area contributed by atoms with Gasteiger partial charge in [-0.25, -0.2) is 0 Å². The van der Waals surface area contributed by atoms with Crippen molar-refractivity contribution in [3.8, 4) is 17.2 Å². The van der Waals surface area contributed by atoms with E-state index in [2.05, 4.69) is 5.32 Å². The number of ether oxygens (including phenoxy) is 3. The van der Waals surface area contributed by atoms with Crippen LogP contribution >= 0.6 is 0 Å². The maximum Gasteiger partial charge on any atom is 0.252 e. The fraction of sp³-hybridized carbons (Fsp3) is 0.278. The molecular weight excluding hydrogens is 294 g/mol. The quantitative estimate of drug-likeness (QED) is 0.889. The van der Waals surface area contributed by atoms with Crippen LogP contribution < -0.4 is 19.5 Å². The van der Waals surface area contributed by atoms with E-state index in [1.54, 1.807) is 12.1 Å². The fourth-order valence-corrected chi connectivity index (χ4v) is 2.32. The summed E-state index contributed by atoms with van der Waals surface area (Å²) in [6.45, 7) is 1.94. The van der Waals surface area contributed by atoms with Gasteiger partial charge in [0.2, 0.25) is 5.75 Å². The average Bonchev–Trinajstić information content (AvgIpc) is 2.60. The van der Waals surface area contributed by atoms with Crippen molar-refractivity contribution in [2.45, 2.75) is 13.0 Å². The number of carbonyl (C=O) groups excluding carboxylic acids is 1. The first kappa shape index (κ1) is 16.7. The third-order valence-electron chi connectivity index (χ3n) is 3.57. The Kier molecular flexibility index (Phi) is 5.46. The van der Waals surface area contributed by atoms with Gasteiger partial charge in [0.05, 0.1) is 27.4 Å². The topological polar surface area (TPSA) is 56.8 Å². The highest BCUT2D eigenvalue weighted by Crippen LogP contribution is 2.38. The van der Waals surface area contributed by atoms with E-state index in [9.17, 15) is 4.79 Å². The van der Waals surface area contributed by atoms with Gasteiger partial charge in [-0.1, -0.05) is 30.3 Å². The van der Waals surface area contributed by atoms with Crippen molar-refractivity contribution in [1.29, 1.82) is 0 Å². The van der Waals surface area contributed by atoms with E-state index in [1.807, 2.05) is 37.3 Å². The highest BCUT2D eigenvalue weighted by Gasteiger charge is 2.18. The van der Waals surface area contributed by atoms with Crippen LogP contribution in [-0.2, 0) is 0 Å². The number of carbonyl (C=O) groups is 1. The lowest BCUT2D eigenvalue weighted by Crippen LogP contribution is -2.26. The van der Waals surface area contributed by atoms with Gasteiger partial charge in [-0.15, -0.1) is 0 Å². The number of rotatable bonds is 6. The van der Waals surface area contributed by atoms with E-state index in [-0.39, 0.29) is 11.9 Å². The smallest absolute Gasteiger partial charge is 0.252 e. The van der Waals surface area contributed by atoms with Crippen LogP contribution in [0.3, 0.4) is 0 Å². The zero-order valence-corrected chi connectivity index (χ0v) is 13.8. The zero-order valence-electron chi connectivity index (χ0n) is 13.8. The molecule has 0 saturated heterocycles. The van der Waals surface area contributed by atoms with Gasteiger partial charge in [0, 0.05) is 5.56 Å². The van der Waals surface area contributed by atoms with Crippen molar-refractivity contribution < 1.29 is 19.0 Å². The van der Waals surface area contributed by atoms with Crippen LogP contribution in [-0.4, -0.2) is 27.2 Å². The fourth-order valence-electron chi connectivity index (χ4n) is 2.32. The molecule has 122 valence electrons. The molecule has 0 radical (unpaired) electrons. The van der Waals surface area contributed by atoms with Crippen LogP contribution in [0.5, 0.6) is 17.2 Å². The van der Waals surface area contributed by atoms with E-state index in [0.29, 0.717) is 22.8 Å². The first-order chi connectivity index (χ1) is 11.1. The van der Waals surface area contributed by atoms with Gasteiger partial charge in [-0.05, 0) is 24.6 Å². The molecule has 0 saturated carbocycles. The molecule has 5 heteroatoms. The molecule has 0 spiro atoms. The van der Waals surface area contributed by atoms with Crippen LogP contribution in [0.1, 0.15) is 28.9 Å². The summed E-state index contributed by atoms with van der Waals surface area (Å²) in [6, 6.07) is 12.9. The van der Waals surface area contributed by atoms with Gasteiger partial charge >= 0.3 is 0 Å². The number of benzene rings is 2. The predicted molar refractivity (Wildman–Crippen MR) is 88.4 cm³/mol. The molecule has 0 aromatic heterocycles. The number of methoxy groups -OCH3 is 3. The zero-order chi connectivity index (χ0) is 16.8. The Bertz CT molecular complexity index is 645. The average molecular weight is 315 g/mol. The van der Waals surface area contributed by atoms with E-state index >= 15 is 0 Å². The molecule has 1 atom stereocenters. The number of hydrogen-bond donors (Lipinski definition) is 1. The minimum Gasteiger partial charge on any atom is -0.493 e. The number of nitrogens with one attached hydrogen (secondary N) is 1. The monoisotopic (exact) mass is 315 g/mol. The summed E-state index contributed by atoms with van der Waals surface area (Å²) in [5.74, 6) is 1.15. The number of hydrogen-bond acceptors (Lipinski definition) is 4. The first-order valence-electron chi connectivity index (χ1n) is 7.26. The summed E-state index contributed by atoms with van der Waals surface area (Å²) in [6.07, 6.45) is 0. The Labute approximate surface area is 136 Å². The Morgan fingerprint density at radius 3 is 2.00 bits per heavy atom. The predicted octanol–water partition coefficient (Wildman–Crippen LogP) is 3.20. The van der Waals surface area contributed by atoms with E-state index in [1.165, 1.54) is 21.3 Å². The van der Waals surface area contributed by atoms with Crippen molar-refractivity contribution in [3.63, 3.8) is 0 Å². The molecular formula is C18H21NO4. The minimum atomic E-state index is -0.208. The maximum absolute atomic E-state index is 12.5.